The van der Waals surface area contributed by atoms with Crippen LogP contribution in [0.1, 0.15) is 6.92 Å². The lowest BCUT2D eigenvalue weighted by Gasteiger charge is -2.08. The first-order valence-corrected chi connectivity index (χ1v) is 12.5. The molecule has 0 fully saturated rings. The number of nitrogens with zero attached hydrogens (tertiary/aromatic N) is 1. The van der Waals surface area contributed by atoms with E-state index in [1.807, 2.05) is 48.2 Å². The topological polar surface area (TPSA) is 78.6 Å². The van der Waals surface area contributed by atoms with E-state index < -0.39 is 5.63 Å². The van der Waals surface area contributed by atoms with Crippen molar-refractivity contribution in [2.45, 2.75) is 6.92 Å². The Kier molecular flexibility index (Phi) is 9.25. The molecule has 0 N–H and O–H groups in total. The van der Waals surface area contributed by atoms with Gasteiger partial charge in [0.1, 0.15) is 12.4 Å². The molecule has 0 radical (unpaired) electrons. The average Bonchev–Trinajstić information content (AvgIpc) is 2.80. The maximum atomic E-state index is 12.3. The van der Waals surface area contributed by atoms with Crippen molar-refractivity contribution in [3.05, 3.63) is 71.2 Å². The first kappa shape index (κ1) is 23.9. The van der Waals surface area contributed by atoms with Crippen LogP contribution in [0.5, 0.6) is 5.75 Å². The standard InChI is InChI=1S/C24H25NO5S2/c1-17(2)23(26)29-11-13-32-15-14-31-12-10-28-20-7-5-18(6-8-20)21-16-19-4-3-9-25-22(19)30-24(21)27/h3-9,16H,1,10-15H2,2H3. The fourth-order valence-electron chi connectivity index (χ4n) is 2.74. The highest BCUT2D eigenvalue weighted by molar-refractivity contribution is 8.02. The summed E-state index contributed by atoms with van der Waals surface area (Å²) >= 11 is 3.57. The van der Waals surface area contributed by atoms with Crippen LogP contribution in [-0.2, 0) is 9.53 Å². The third-order valence-corrected chi connectivity index (χ3v) is 6.51. The Morgan fingerprint density at radius 1 is 1.06 bits per heavy atom. The van der Waals surface area contributed by atoms with E-state index in [-0.39, 0.29) is 5.97 Å². The van der Waals surface area contributed by atoms with Gasteiger partial charge in [-0.15, -0.1) is 0 Å². The lowest BCUT2D eigenvalue weighted by Crippen LogP contribution is -2.08. The smallest absolute Gasteiger partial charge is 0.345 e. The zero-order valence-corrected chi connectivity index (χ0v) is 19.5. The van der Waals surface area contributed by atoms with Gasteiger partial charge in [-0.25, -0.2) is 14.6 Å². The van der Waals surface area contributed by atoms with Gasteiger partial charge < -0.3 is 13.9 Å². The SMILES string of the molecule is C=C(C)C(=O)OCCSCCSCCOc1ccc(-c2cc3cccnc3oc2=O)cc1. The highest BCUT2D eigenvalue weighted by Gasteiger charge is 2.08. The van der Waals surface area contributed by atoms with Crippen molar-refractivity contribution in [3.63, 3.8) is 0 Å². The van der Waals surface area contributed by atoms with E-state index in [4.69, 9.17) is 13.9 Å². The van der Waals surface area contributed by atoms with Crippen LogP contribution in [0.2, 0.25) is 0 Å². The van der Waals surface area contributed by atoms with E-state index >= 15 is 0 Å². The van der Waals surface area contributed by atoms with E-state index in [0.717, 1.165) is 39.7 Å². The summed E-state index contributed by atoms with van der Waals surface area (Å²) in [4.78, 5) is 27.6. The summed E-state index contributed by atoms with van der Waals surface area (Å²) in [7, 11) is 0. The minimum atomic E-state index is -0.409. The maximum Gasteiger partial charge on any atom is 0.345 e. The fraction of sp³-hybridized carbons (Fsp3) is 0.292. The number of pyridine rings is 1. The van der Waals surface area contributed by atoms with E-state index in [2.05, 4.69) is 11.6 Å². The lowest BCUT2D eigenvalue weighted by atomic mass is 10.1. The van der Waals surface area contributed by atoms with Crippen LogP contribution in [0.15, 0.2) is 70.0 Å². The predicted molar refractivity (Wildman–Crippen MR) is 132 cm³/mol. The molecule has 6 nitrogen and oxygen atoms in total. The highest BCUT2D eigenvalue weighted by atomic mass is 32.2. The molecule has 0 saturated carbocycles. The van der Waals surface area contributed by atoms with E-state index in [1.54, 1.807) is 30.9 Å². The summed E-state index contributed by atoms with van der Waals surface area (Å²) in [6.45, 7) is 6.21. The minimum absolute atomic E-state index is 0.330. The lowest BCUT2D eigenvalue weighted by molar-refractivity contribution is -0.138. The zero-order valence-electron chi connectivity index (χ0n) is 17.9. The van der Waals surface area contributed by atoms with Crippen molar-refractivity contribution < 1.29 is 18.7 Å². The van der Waals surface area contributed by atoms with Crippen molar-refractivity contribution in [2.75, 3.05) is 36.2 Å². The fourth-order valence-corrected chi connectivity index (χ4v) is 4.50. The first-order chi connectivity index (χ1) is 15.5. The molecule has 0 aliphatic heterocycles. The molecule has 0 bridgehead atoms. The van der Waals surface area contributed by atoms with Gasteiger partial charge in [-0.3, -0.25) is 0 Å². The van der Waals surface area contributed by atoms with Gasteiger partial charge in [-0.05, 0) is 42.8 Å². The van der Waals surface area contributed by atoms with Gasteiger partial charge in [0, 0.05) is 40.2 Å². The molecule has 3 aromatic rings. The van der Waals surface area contributed by atoms with Crippen LogP contribution in [-0.4, -0.2) is 47.2 Å². The molecule has 0 aliphatic carbocycles. The van der Waals surface area contributed by atoms with Crippen molar-refractivity contribution >= 4 is 40.6 Å². The number of hydrogen-bond acceptors (Lipinski definition) is 8. The van der Waals surface area contributed by atoms with E-state index in [1.165, 1.54) is 0 Å². The van der Waals surface area contributed by atoms with Crippen molar-refractivity contribution in [1.82, 2.24) is 4.98 Å². The Bertz CT molecular complexity index is 1110. The van der Waals surface area contributed by atoms with Crippen LogP contribution in [0.4, 0.5) is 0 Å². The van der Waals surface area contributed by atoms with Crippen LogP contribution in [0.25, 0.3) is 22.2 Å². The number of aromatic nitrogens is 1. The number of ether oxygens (including phenoxy) is 2. The molecule has 0 saturated heterocycles. The summed E-state index contributed by atoms with van der Waals surface area (Å²) in [5.41, 5.74) is 1.63. The van der Waals surface area contributed by atoms with Gasteiger partial charge in [0.2, 0.25) is 5.71 Å². The molecule has 0 spiro atoms. The van der Waals surface area contributed by atoms with Crippen LogP contribution >= 0.6 is 23.5 Å². The predicted octanol–water partition coefficient (Wildman–Crippen LogP) is 4.82. The number of fused-ring (bicyclic) bond motifs is 1. The number of rotatable bonds is 12. The summed E-state index contributed by atoms with van der Waals surface area (Å²) in [5.74, 6) is 4.10. The largest absolute Gasteiger partial charge is 0.493 e. The second-order valence-corrected chi connectivity index (χ2v) is 9.31. The Hall–Kier alpha value is -2.71. The number of benzene rings is 1. The number of carbonyl (C=O) groups is 1. The Labute approximate surface area is 195 Å². The van der Waals surface area contributed by atoms with E-state index in [9.17, 15) is 9.59 Å². The Morgan fingerprint density at radius 2 is 1.78 bits per heavy atom. The molecule has 2 heterocycles. The minimum Gasteiger partial charge on any atom is -0.493 e. The molecule has 0 atom stereocenters. The molecule has 1 aromatic carbocycles. The van der Waals surface area contributed by atoms with Gasteiger partial charge in [0.05, 0.1) is 12.2 Å². The zero-order chi connectivity index (χ0) is 22.8. The van der Waals surface area contributed by atoms with Gasteiger partial charge in [-0.1, -0.05) is 18.7 Å². The van der Waals surface area contributed by atoms with Crippen LogP contribution < -0.4 is 10.4 Å². The molecular weight excluding hydrogens is 446 g/mol. The van der Waals surface area contributed by atoms with E-state index in [0.29, 0.717) is 30.1 Å². The summed E-state index contributed by atoms with van der Waals surface area (Å²) in [6, 6.07) is 12.9. The van der Waals surface area contributed by atoms with Crippen molar-refractivity contribution in [3.8, 4) is 16.9 Å². The Balaban J connectivity index is 1.34. The molecule has 3 rings (SSSR count). The second kappa shape index (κ2) is 12.4. The molecule has 0 unspecified atom stereocenters. The summed E-state index contributed by atoms with van der Waals surface area (Å²) in [5, 5.41) is 0.783. The molecule has 2 aromatic heterocycles. The number of carbonyl (C=O) groups excluding carboxylic acids is 1. The molecule has 0 amide bonds. The normalized spacial score (nSPS) is 10.8. The quantitative estimate of drug-likeness (QED) is 0.211. The number of hydrogen-bond donors (Lipinski definition) is 0. The molecule has 8 heteroatoms. The monoisotopic (exact) mass is 471 g/mol. The number of thioether (sulfide) groups is 2. The van der Waals surface area contributed by atoms with Gasteiger partial charge in [0.25, 0.3) is 0 Å². The van der Waals surface area contributed by atoms with Gasteiger partial charge >= 0.3 is 11.6 Å². The van der Waals surface area contributed by atoms with Gasteiger partial charge in [-0.2, -0.15) is 23.5 Å². The highest BCUT2D eigenvalue weighted by Crippen LogP contribution is 2.22. The second-order valence-electron chi connectivity index (χ2n) is 6.86. The van der Waals surface area contributed by atoms with Gasteiger partial charge in [0.15, 0.2) is 0 Å². The third-order valence-electron chi connectivity index (χ3n) is 4.35. The van der Waals surface area contributed by atoms with Crippen LogP contribution in [0, 0.1) is 0 Å². The summed E-state index contributed by atoms with van der Waals surface area (Å²) in [6.07, 6.45) is 1.60. The molecule has 0 aliphatic rings. The molecular formula is C24H25NO5S2. The average molecular weight is 472 g/mol. The molecule has 32 heavy (non-hydrogen) atoms. The number of esters is 1. The van der Waals surface area contributed by atoms with Crippen LogP contribution in [0.3, 0.4) is 0 Å². The summed E-state index contributed by atoms with van der Waals surface area (Å²) < 4.78 is 16.1. The first-order valence-electron chi connectivity index (χ1n) is 10.1. The molecule has 168 valence electrons. The Morgan fingerprint density at radius 3 is 2.50 bits per heavy atom. The maximum absolute atomic E-state index is 12.3. The van der Waals surface area contributed by atoms with Crippen molar-refractivity contribution in [2.24, 2.45) is 0 Å². The third kappa shape index (κ3) is 7.17. The van der Waals surface area contributed by atoms with Crippen molar-refractivity contribution in [1.29, 1.82) is 0 Å².